The summed E-state index contributed by atoms with van der Waals surface area (Å²) in [5.74, 6) is 0. The molecule has 0 amide bonds. The Morgan fingerprint density at radius 3 is 0.840 bits per heavy atom. The maximum Gasteiger partial charge on any atom is 0.00484 e. The molecule has 14 rings (SSSR count). The van der Waals surface area contributed by atoms with Crippen molar-refractivity contribution in [2.24, 2.45) is 37.9 Å². The normalized spacial score (nSPS) is 34.1. The molecule has 75 heavy (non-hydrogen) atoms. The number of likely N-dealkylation sites (tertiary alicyclic amines) is 7. The molecule has 7 N–H and O–H groups in total. The number of nitrogens with one attached hydrogen (secondary N) is 7. The monoisotopic (exact) mass is 1050 g/mol. The van der Waals surface area contributed by atoms with Crippen LogP contribution in [0.4, 0.5) is 0 Å². The average Bonchev–Trinajstić information content (AvgIpc) is 4.28. The van der Waals surface area contributed by atoms with Crippen molar-refractivity contribution in [1.29, 1.82) is 0 Å². The Morgan fingerprint density at radius 2 is 0.480 bits per heavy atom. The maximum absolute atomic E-state index is 3.51. The molecule has 2 unspecified atom stereocenters. The first-order valence-corrected chi connectivity index (χ1v) is 31.9. The van der Waals surface area contributed by atoms with Crippen molar-refractivity contribution < 1.29 is 0 Å². The summed E-state index contributed by atoms with van der Waals surface area (Å²) in [6, 6.07) is 0. The van der Waals surface area contributed by atoms with Crippen molar-refractivity contribution in [1.82, 2.24) is 71.5 Å². The lowest BCUT2D eigenvalue weighted by atomic mass is 9.72. The molecule has 14 heterocycles. The maximum atomic E-state index is 3.51. The quantitative estimate of drug-likeness (QED) is 0.190. The minimum atomic E-state index is 0.660. The highest BCUT2D eigenvalue weighted by atomic mass is 15.2. The van der Waals surface area contributed by atoms with E-state index in [0.717, 1.165) is 16.2 Å². The number of piperidine rings is 7. The molecule has 0 saturated carbocycles. The van der Waals surface area contributed by atoms with Gasteiger partial charge in [0, 0.05) is 65.4 Å². The van der Waals surface area contributed by atoms with Crippen LogP contribution in [0, 0.1) is 37.9 Å². The second-order valence-corrected chi connectivity index (χ2v) is 29.0. The molecule has 14 saturated heterocycles. The molecule has 436 valence electrons. The summed E-state index contributed by atoms with van der Waals surface area (Å²) in [6.07, 6.45) is 26.9. The van der Waals surface area contributed by atoms with Crippen LogP contribution >= 0.6 is 0 Å². The molecule has 14 nitrogen and oxygen atoms in total. The van der Waals surface area contributed by atoms with Gasteiger partial charge in [-0.3, -0.25) is 0 Å². The molecule has 14 aliphatic heterocycles. The van der Waals surface area contributed by atoms with Gasteiger partial charge in [0.15, 0.2) is 0 Å². The van der Waals surface area contributed by atoms with Crippen molar-refractivity contribution in [2.45, 2.75) is 122 Å². The molecule has 0 radical (unpaired) electrons. The Bertz CT molecular complexity index is 1520. The van der Waals surface area contributed by atoms with E-state index in [4.69, 9.17) is 0 Å². The zero-order valence-electron chi connectivity index (χ0n) is 50.4. The van der Waals surface area contributed by atoms with Crippen LogP contribution in [-0.2, 0) is 0 Å². The minimum Gasteiger partial charge on any atom is -0.317 e. The van der Waals surface area contributed by atoms with Crippen molar-refractivity contribution in [3.05, 3.63) is 0 Å². The lowest BCUT2D eigenvalue weighted by Gasteiger charge is -2.51. The van der Waals surface area contributed by atoms with Crippen LogP contribution in [0.15, 0.2) is 0 Å². The fourth-order valence-electron chi connectivity index (χ4n) is 16.5. The van der Waals surface area contributed by atoms with Gasteiger partial charge in [0.1, 0.15) is 0 Å². The van der Waals surface area contributed by atoms with E-state index in [1.165, 1.54) is 305 Å². The SMILES string of the molecule is CN1CC2(CCNCC2)C1.CN1CCC2(CC1)CNC2.CN1CCC2(CCCNC2)C1.CN1CCC2(CCNC2)C1.CN1CCC2(CCNC2)CC1.CN1CCC2(CCNCC2)C1.CN1CCC2(CCNCC2)CC1. The predicted octanol–water partition coefficient (Wildman–Crippen LogP) is 4.06. The fourth-order valence-corrected chi connectivity index (χ4v) is 16.5. The van der Waals surface area contributed by atoms with Crippen molar-refractivity contribution in [2.75, 3.05) is 233 Å². The second-order valence-electron chi connectivity index (χ2n) is 29.0. The van der Waals surface area contributed by atoms with E-state index in [9.17, 15) is 0 Å². The minimum absolute atomic E-state index is 0.660. The second kappa shape index (κ2) is 28.4. The standard InChI is InChI=1S/C10H20N2.3C9H18N2.3C8H16N2/c1-12-8-4-10(5-9-12)2-6-11-7-3-10;1-11-6-3-9(4-7-11)2-5-10-8-9;1-11-7-4-9(8-11)2-5-10-6-3-9;1-11-6-4-9(8-11)3-2-5-10-7-9;1-10-4-2-8(3-5-10)6-9-7-8;1-10-5-3-8(7-10)2-4-9-6-8;1-10-6-8(7-10)2-4-9-5-3-8/h11H,2-9H2,1H3;3*10H,2-8H2,1H3;3*9H,2-7H2,1H3. The first kappa shape index (κ1) is 60.5. The molecule has 14 heteroatoms. The average molecular weight is 1050 g/mol. The molecular weight excluding hydrogens is 929 g/mol. The lowest BCUT2D eigenvalue weighted by molar-refractivity contribution is -0.00368. The molecule has 0 aromatic heterocycles. The van der Waals surface area contributed by atoms with Crippen LogP contribution in [0.5, 0.6) is 0 Å². The zero-order valence-corrected chi connectivity index (χ0v) is 50.4. The topological polar surface area (TPSA) is 107 Å². The largest absolute Gasteiger partial charge is 0.317 e. The summed E-state index contributed by atoms with van der Waals surface area (Å²) in [4.78, 5) is 17.2. The van der Waals surface area contributed by atoms with Gasteiger partial charge in [0.2, 0.25) is 0 Å². The van der Waals surface area contributed by atoms with E-state index >= 15 is 0 Å². The highest BCUT2D eigenvalue weighted by Gasteiger charge is 2.43. The summed E-state index contributed by atoms with van der Waals surface area (Å²) in [5.41, 5.74) is 4.94. The summed E-state index contributed by atoms with van der Waals surface area (Å²) in [7, 11) is 15.6. The lowest BCUT2D eigenvalue weighted by Crippen LogP contribution is -2.58. The number of hydrogen-bond donors (Lipinski definition) is 7. The Hall–Kier alpha value is -0.560. The van der Waals surface area contributed by atoms with Gasteiger partial charge < -0.3 is 71.5 Å². The fraction of sp³-hybridized carbons (Fsp3) is 1.00. The van der Waals surface area contributed by atoms with Crippen molar-refractivity contribution >= 4 is 0 Å². The van der Waals surface area contributed by atoms with Crippen LogP contribution in [0.3, 0.4) is 0 Å². The Kier molecular flexibility index (Phi) is 22.9. The van der Waals surface area contributed by atoms with Gasteiger partial charge in [-0.15, -0.1) is 0 Å². The van der Waals surface area contributed by atoms with Gasteiger partial charge in [-0.25, -0.2) is 0 Å². The van der Waals surface area contributed by atoms with Gasteiger partial charge in [-0.05, 0) is 327 Å². The van der Waals surface area contributed by atoms with Gasteiger partial charge in [-0.2, -0.15) is 0 Å². The summed E-state index contributed by atoms with van der Waals surface area (Å²) in [5, 5.41) is 24.1. The molecule has 7 spiro atoms. The van der Waals surface area contributed by atoms with Gasteiger partial charge >= 0.3 is 0 Å². The third kappa shape index (κ3) is 18.0. The van der Waals surface area contributed by atoms with E-state index in [1.807, 2.05) is 0 Å². The van der Waals surface area contributed by atoms with E-state index in [-0.39, 0.29) is 0 Å². The smallest absolute Gasteiger partial charge is 0.00484 e. The third-order valence-electron chi connectivity index (χ3n) is 22.5. The van der Waals surface area contributed by atoms with Gasteiger partial charge in [-0.1, -0.05) is 0 Å². The number of hydrogen-bond acceptors (Lipinski definition) is 14. The van der Waals surface area contributed by atoms with Gasteiger partial charge in [0.05, 0.1) is 0 Å². The van der Waals surface area contributed by atoms with Crippen LogP contribution < -0.4 is 37.2 Å². The van der Waals surface area contributed by atoms with E-state index in [2.05, 4.69) is 121 Å². The molecule has 0 aromatic rings. The molecule has 14 fully saturated rings. The molecule has 0 bridgehead atoms. The Labute approximate surface area is 462 Å². The number of nitrogens with zero attached hydrogens (tertiary/aromatic N) is 7. The van der Waals surface area contributed by atoms with Crippen LogP contribution in [0.25, 0.3) is 0 Å². The Morgan fingerprint density at radius 1 is 0.200 bits per heavy atom. The van der Waals surface area contributed by atoms with Crippen LogP contribution in [-0.4, -0.2) is 267 Å². The summed E-state index contributed by atoms with van der Waals surface area (Å²) >= 11 is 0. The first-order chi connectivity index (χ1) is 36.2. The van der Waals surface area contributed by atoms with Crippen LogP contribution in [0.1, 0.15) is 122 Å². The zero-order chi connectivity index (χ0) is 52.7. The van der Waals surface area contributed by atoms with E-state index < -0.39 is 0 Å². The molecule has 2 atom stereocenters. The molecule has 14 aliphatic rings. The van der Waals surface area contributed by atoms with E-state index in [0.29, 0.717) is 21.7 Å². The van der Waals surface area contributed by atoms with E-state index in [1.54, 1.807) is 0 Å². The Balaban J connectivity index is 0.000000116. The molecular formula is C61H122N14. The highest BCUT2D eigenvalue weighted by Crippen LogP contribution is 2.42. The molecule has 0 aromatic carbocycles. The van der Waals surface area contributed by atoms with Crippen LogP contribution in [0.2, 0.25) is 0 Å². The predicted molar refractivity (Wildman–Crippen MR) is 317 cm³/mol. The van der Waals surface area contributed by atoms with Crippen molar-refractivity contribution in [3.8, 4) is 0 Å². The summed E-state index contributed by atoms with van der Waals surface area (Å²) < 4.78 is 0. The third-order valence-corrected chi connectivity index (χ3v) is 22.5. The summed E-state index contributed by atoms with van der Waals surface area (Å²) in [6.45, 7) is 36.0. The first-order valence-electron chi connectivity index (χ1n) is 31.9. The van der Waals surface area contributed by atoms with Gasteiger partial charge in [0.25, 0.3) is 0 Å². The number of rotatable bonds is 0. The highest BCUT2D eigenvalue weighted by molar-refractivity contribution is 4.99. The molecule has 0 aliphatic carbocycles. The van der Waals surface area contributed by atoms with Crippen molar-refractivity contribution in [3.63, 3.8) is 0 Å².